The Morgan fingerprint density at radius 3 is 2.23 bits per heavy atom. The number of anilines is 1. The van der Waals surface area contributed by atoms with Gasteiger partial charge in [0, 0.05) is 48.0 Å². The minimum atomic E-state index is -0.228. The summed E-state index contributed by atoms with van der Waals surface area (Å²) in [5.74, 6) is -0.218. The first-order valence-corrected chi connectivity index (χ1v) is 8.97. The molecule has 0 unspecified atom stereocenters. The molecular formula is C20H22ClN3O2. The van der Waals surface area contributed by atoms with Gasteiger partial charge in [0.2, 0.25) is 0 Å². The van der Waals surface area contributed by atoms with Crippen LogP contribution in [0, 0.1) is 6.92 Å². The maximum atomic E-state index is 12.6. The summed E-state index contributed by atoms with van der Waals surface area (Å²) in [5.41, 5.74) is 2.72. The summed E-state index contributed by atoms with van der Waals surface area (Å²) < 4.78 is 0. The molecule has 2 aromatic carbocycles. The Morgan fingerprint density at radius 2 is 1.58 bits per heavy atom. The molecule has 0 aliphatic carbocycles. The van der Waals surface area contributed by atoms with Crippen LogP contribution in [0.3, 0.4) is 0 Å². The van der Waals surface area contributed by atoms with Crippen LogP contribution in [0.25, 0.3) is 0 Å². The molecule has 1 aliphatic heterocycles. The van der Waals surface area contributed by atoms with Crippen LogP contribution in [0.5, 0.6) is 0 Å². The third kappa shape index (κ3) is 4.23. The van der Waals surface area contributed by atoms with Crippen molar-refractivity contribution in [3.63, 3.8) is 0 Å². The van der Waals surface area contributed by atoms with E-state index in [0.29, 0.717) is 21.8 Å². The summed E-state index contributed by atoms with van der Waals surface area (Å²) in [5, 5.41) is 3.43. The maximum absolute atomic E-state index is 12.6. The van der Waals surface area contributed by atoms with E-state index in [2.05, 4.69) is 17.3 Å². The molecule has 136 valence electrons. The summed E-state index contributed by atoms with van der Waals surface area (Å²) in [6.45, 7) is 5.12. The van der Waals surface area contributed by atoms with Crippen LogP contribution in [0.15, 0.2) is 42.5 Å². The Morgan fingerprint density at radius 1 is 0.962 bits per heavy atom. The first-order chi connectivity index (χ1) is 12.4. The normalized spacial score (nSPS) is 15.0. The molecule has 1 aliphatic rings. The van der Waals surface area contributed by atoms with E-state index in [1.165, 1.54) is 0 Å². The largest absolute Gasteiger partial charge is 0.336 e. The summed E-state index contributed by atoms with van der Waals surface area (Å²) in [4.78, 5) is 29.0. The molecule has 0 radical (unpaired) electrons. The highest BCUT2D eigenvalue weighted by Gasteiger charge is 2.20. The first-order valence-electron chi connectivity index (χ1n) is 8.59. The minimum Gasteiger partial charge on any atom is -0.336 e. The molecule has 6 heteroatoms. The number of halogens is 1. The highest BCUT2D eigenvalue weighted by Crippen LogP contribution is 2.21. The molecule has 0 spiro atoms. The number of hydrogen-bond acceptors (Lipinski definition) is 3. The van der Waals surface area contributed by atoms with E-state index in [-0.39, 0.29) is 11.8 Å². The lowest BCUT2D eigenvalue weighted by Crippen LogP contribution is -2.47. The Kier molecular flexibility index (Phi) is 5.59. The van der Waals surface area contributed by atoms with Gasteiger partial charge in [-0.2, -0.15) is 0 Å². The first kappa shape index (κ1) is 18.4. The van der Waals surface area contributed by atoms with Gasteiger partial charge < -0.3 is 15.1 Å². The number of nitrogens with zero attached hydrogens (tertiary/aromatic N) is 2. The SMILES string of the molecule is Cc1ccc(Cl)cc1NC(=O)c1ccc(C(=O)N2CCN(C)CC2)cc1. The molecule has 2 aromatic rings. The van der Waals surface area contributed by atoms with Crippen molar-refractivity contribution in [2.24, 2.45) is 0 Å². The fraction of sp³-hybridized carbons (Fsp3) is 0.300. The molecule has 0 aromatic heterocycles. The van der Waals surface area contributed by atoms with Gasteiger partial charge in [-0.3, -0.25) is 9.59 Å². The second kappa shape index (κ2) is 7.89. The summed E-state index contributed by atoms with van der Waals surface area (Å²) in [6.07, 6.45) is 0. The minimum absolute atomic E-state index is 0.00995. The third-order valence-electron chi connectivity index (χ3n) is 4.63. The zero-order valence-corrected chi connectivity index (χ0v) is 15.7. The van der Waals surface area contributed by atoms with E-state index in [1.54, 1.807) is 36.4 Å². The Bertz CT molecular complexity index is 812. The molecular weight excluding hydrogens is 350 g/mol. The standard InChI is InChI=1S/C20H22ClN3O2/c1-14-3-8-17(21)13-18(14)22-19(25)15-4-6-16(7-5-15)20(26)24-11-9-23(2)10-12-24/h3-8,13H,9-12H2,1-2H3,(H,22,25). The molecule has 1 saturated heterocycles. The van der Waals surface area contributed by atoms with Crippen LogP contribution in [-0.2, 0) is 0 Å². The summed E-state index contributed by atoms with van der Waals surface area (Å²) in [6, 6.07) is 12.1. The molecule has 1 fully saturated rings. The van der Waals surface area contributed by atoms with Gasteiger partial charge in [0.05, 0.1) is 0 Å². The highest BCUT2D eigenvalue weighted by molar-refractivity contribution is 6.31. The van der Waals surface area contributed by atoms with Gasteiger partial charge in [0.15, 0.2) is 0 Å². The van der Waals surface area contributed by atoms with Gasteiger partial charge in [-0.1, -0.05) is 17.7 Å². The predicted octanol–water partition coefficient (Wildman–Crippen LogP) is 3.29. The number of nitrogens with one attached hydrogen (secondary N) is 1. The van der Waals surface area contributed by atoms with Crippen molar-refractivity contribution in [3.05, 3.63) is 64.2 Å². The number of piperazine rings is 1. The average molecular weight is 372 g/mol. The molecule has 0 bridgehead atoms. The topological polar surface area (TPSA) is 52.7 Å². The predicted molar refractivity (Wildman–Crippen MR) is 104 cm³/mol. The monoisotopic (exact) mass is 371 g/mol. The van der Waals surface area contributed by atoms with Crippen LogP contribution >= 0.6 is 11.6 Å². The van der Waals surface area contributed by atoms with Crippen molar-refractivity contribution in [2.75, 3.05) is 38.5 Å². The lowest BCUT2D eigenvalue weighted by atomic mass is 10.1. The van der Waals surface area contributed by atoms with Gasteiger partial charge in [0.1, 0.15) is 0 Å². The molecule has 26 heavy (non-hydrogen) atoms. The van der Waals surface area contributed by atoms with Crippen molar-refractivity contribution in [1.82, 2.24) is 9.80 Å². The molecule has 0 saturated carbocycles. The molecule has 2 amide bonds. The zero-order valence-electron chi connectivity index (χ0n) is 15.0. The summed E-state index contributed by atoms with van der Waals surface area (Å²) >= 11 is 5.99. The van der Waals surface area contributed by atoms with Gasteiger partial charge in [-0.25, -0.2) is 0 Å². The number of carbonyl (C=O) groups is 2. The number of hydrogen-bond donors (Lipinski definition) is 1. The molecule has 0 atom stereocenters. The average Bonchev–Trinajstić information content (AvgIpc) is 2.65. The second-order valence-corrected chi connectivity index (χ2v) is 7.02. The van der Waals surface area contributed by atoms with Crippen LogP contribution in [-0.4, -0.2) is 54.8 Å². The fourth-order valence-electron chi connectivity index (χ4n) is 2.88. The van der Waals surface area contributed by atoms with Crippen LogP contribution in [0.2, 0.25) is 5.02 Å². The second-order valence-electron chi connectivity index (χ2n) is 6.59. The van der Waals surface area contributed by atoms with E-state index in [1.807, 2.05) is 17.9 Å². The van der Waals surface area contributed by atoms with Crippen LogP contribution in [0.1, 0.15) is 26.3 Å². The van der Waals surface area contributed by atoms with Crippen molar-refractivity contribution in [2.45, 2.75) is 6.92 Å². The fourth-order valence-corrected chi connectivity index (χ4v) is 3.05. The Hall–Kier alpha value is -2.37. The van der Waals surface area contributed by atoms with Crippen LogP contribution < -0.4 is 5.32 Å². The van der Waals surface area contributed by atoms with Crippen LogP contribution in [0.4, 0.5) is 5.69 Å². The van der Waals surface area contributed by atoms with Crippen molar-refractivity contribution < 1.29 is 9.59 Å². The molecule has 1 N–H and O–H groups in total. The van der Waals surface area contributed by atoms with Crippen molar-refractivity contribution >= 4 is 29.1 Å². The molecule has 5 nitrogen and oxygen atoms in total. The number of aryl methyl sites for hydroxylation is 1. The summed E-state index contributed by atoms with van der Waals surface area (Å²) in [7, 11) is 2.05. The van der Waals surface area contributed by atoms with E-state index in [4.69, 9.17) is 11.6 Å². The van der Waals surface area contributed by atoms with Crippen molar-refractivity contribution in [3.8, 4) is 0 Å². The van der Waals surface area contributed by atoms with E-state index in [0.717, 1.165) is 31.7 Å². The number of rotatable bonds is 3. The third-order valence-corrected chi connectivity index (χ3v) is 4.87. The highest BCUT2D eigenvalue weighted by atomic mass is 35.5. The van der Waals surface area contributed by atoms with Gasteiger partial charge >= 0.3 is 0 Å². The van der Waals surface area contributed by atoms with Gasteiger partial charge in [0.25, 0.3) is 11.8 Å². The maximum Gasteiger partial charge on any atom is 0.255 e. The Labute approximate surface area is 158 Å². The smallest absolute Gasteiger partial charge is 0.255 e. The van der Waals surface area contributed by atoms with Crippen molar-refractivity contribution in [1.29, 1.82) is 0 Å². The zero-order chi connectivity index (χ0) is 18.7. The number of benzene rings is 2. The lowest BCUT2D eigenvalue weighted by Gasteiger charge is -2.32. The number of amides is 2. The van der Waals surface area contributed by atoms with E-state index in [9.17, 15) is 9.59 Å². The lowest BCUT2D eigenvalue weighted by molar-refractivity contribution is 0.0664. The van der Waals surface area contributed by atoms with E-state index < -0.39 is 0 Å². The quantitative estimate of drug-likeness (QED) is 0.900. The van der Waals surface area contributed by atoms with Gasteiger partial charge in [-0.05, 0) is 55.9 Å². The van der Waals surface area contributed by atoms with E-state index >= 15 is 0 Å². The number of carbonyl (C=O) groups excluding carboxylic acids is 2. The molecule has 1 heterocycles. The van der Waals surface area contributed by atoms with Gasteiger partial charge in [-0.15, -0.1) is 0 Å². The molecule has 3 rings (SSSR count). The Balaban J connectivity index is 1.68. The number of likely N-dealkylation sites (N-methyl/N-ethyl adjacent to an activating group) is 1.